The number of H-pyrrole nitrogens is 1. The molecule has 0 unspecified atom stereocenters. The lowest BCUT2D eigenvalue weighted by Gasteiger charge is -2.06. The lowest BCUT2D eigenvalue weighted by atomic mass is 10.2. The van der Waals surface area contributed by atoms with Gasteiger partial charge < -0.3 is 4.98 Å². The van der Waals surface area contributed by atoms with Crippen molar-refractivity contribution < 1.29 is 0 Å². The summed E-state index contributed by atoms with van der Waals surface area (Å²) in [6, 6.07) is 11.1. The van der Waals surface area contributed by atoms with E-state index < -0.39 is 0 Å². The van der Waals surface area contributed by atoms with Crippen molar-refractivity contribution in [3.8, 4) is 5.82 Å². The summed E-state index contributed by atoms with van der Waals surface area (Å²) < 4.78 is 1.61. The normalized spacial score (nSPS) is 10.8. The predicted octanol–water partition coefficient (Wildman–Crippen LogP) is 1.71. The van der Waals surface area contributed by atoms with Gasteiger partial charge in [0, 0.05) is 6.07 Å². The minimum absolute atomic E-state index is 0.0667. The Morgan fingerprint density at radius 2 is 2.00 bits per heavy atom. The molecule has 3 aromatic rings. The number of hydrogen-bond acceptors (Lipinski definition) is 2. The van der Waals surface area contributed by atoms with Gasteiger partial charge in [-0.1, -0.05) is 18.2 Å². The van der Waals surface area contributed by atoms with Crippen LogP contribution < -0.4 is 5.56 Å². The Morgan fingerprint density at radius 3 is 2.81 bits per heavy atom. The molecule has 78 valence electrons. The van der Waals surface area contributed by atoms with Crippen molar-refractivity contribution in [2.24, 2.45) is 0 Å². The van der Waals surface area contributed by atoms with Gasteiger partial charge in [-0.2, -0.15) is 0 Å². The maximum absolute atomic E-state index is 11.8. The Balaban J connectivity index is 2.47. The van der Waals surface area contributed by atoms with Gasteiger partial charge in [-0.05, 0) is 17.5 Å². The number of hydrogen-bond donors (Lipinski definition) is 1. The first-order valence-corrected chi connectivity index (χ1v) is 4.96. The van der Waals surface area contributed by atoms with Gasteiger partial charge in [-0.25, -0.2) is 4.98 Å². The molecule has 4 heteroatoms. The predicted molar refractivity (Wildman–Crippen MR) is 61.7 cm³/mol. The number of aromatic amines is 1. The third kappa shape index (κ3) is 1.24. The van der Waals surface area contributed by atoms with Gasteiger partial charge in [0.2, 0.25) is 0 Å². The van der Waals surface area contributed by atoms with Crippen LogP contribution in [0.5, 0.6) is 0 Å². The maximum atomic E-state index is 11.8. The summed E-state index contributed by atoms with van der Waals surface area (Å²) in [5.41, 5.74) is 0.808. The van der Waals surface area contributed by atoms with Crippen molar-refractivity contribution in [3.63, 3.8) is 0 Å². The largest absolute Gasteiger partial charge is 0.331 e. The topological polar surface area (TPSA) is 50.7 Å². The molecule has 0 fully saturated rings. The molecule has 0 saturated heterocycles. The van der Waals surface area contributed by atoms with Crippen LogP contribution in [-0.4, -0.2) is 14.5 Å². The van der Waals surface area contributed by atoms with Gasteiger partial charge in [0.15, 0.2) is 0 Å². The van der Waals surface area contributed by atoms with Crippen LogP contribution in [0.4, 0.5) is 0 Å². The Kier molecular flexibility index (Phi) is 1.86. The van der Waals surface area contributed by atoms with E-state index in [0.717, 1.165) is 10.9 Å². The molecule has 0 spiro atoms. The number of para-hydroxylation sites is 1. The van der Waals surface area contributed by atoms with Gasteiger partial charge in [-0.15, -0.1) is 0 Å². The second-order valence-corrected chi connectivity index (χ2v) is 3.50. The fraction of sp³-hybridized carbons (Fsp3) is 0. The Hall–Kier alpha value is -2.36. The lowest BCUT2D eigenvalue weighted by molar-refractivity contribution is 1.000. The summed E-state index contributed by atoms with van der Waals surface area (Å²) in [4.78, 5) is 18.7. The Bertz CT molecular complexity index is 683. The number of benzene rings is 1. The minimum atomic E-state index is -0.0667. The third-order valence-corrected chi connectivity index (χ3v) is 2.53. The summed E-state index contributed by atoms with van der Waals surface area (Å²) >= 11 is 0. The van der Waals surface area contributed by atoms with E-state index in [1.54, 1.807) is 23.2 Å². The van der Waals surface area contributed by atoms with E-state index in [4.69, 9.17) is 0 Å². The summed E-state index contributed by atoms with van der Waals surface area (Å²) in [5.74, 6) is 0.682. The first kappa shape index (κ1) is 8.91. The second kappa shape index (κ2) is 3.34. The Morgan fingerprint density at radius 1 is 1.12 bits per heavy atom. The monoisotopic (exact) mass is 211 g/mol. The van der Waals surface area contributed by atoms with Crippen molar-refractivity contribution >= 4 is 10.9 Å². The average molecular weight is 211 g/mol. The van der Waals surface area contributed by atoms with Crippen LogP contribution in [0, 0.1) is 0 Å². The number of aromatic nitrogens is 3. The highest BCUT2D eigenvalue weighted by Crippen LogP contribution is 2.13. The van der Waals surface area contributed by atoms with Crippen molar-refractivity contribution in [1.82, 2.24) is 14.5 Å². The molecule has 0 bridgehead atoms. The number of nitrogens with zero attached hydrogens (tertiary/aromatic N) is 2. The van der Waals surface area contributed by atoms with E-state index in [2.05, 4.69) is 9.97 Å². The van der Waals surface area contributed by atoms with Crippen molar-refractivity contribution in [3.05, 3.63) is 59.3 Å². The standard InChI is InChI=1S/C12H9N3O/c16-12-6-5-9-3-1-2-4-10(9)15(12)11-7-13-8-14-11/h1-8H,(H,13,14). The molecule has 0 aliphatic rings. The molecule has 0 amide bonds. The van der Waals surface area contributed by atoms with E-state index >= 15 is 0 Å². The molecular weight excluding hydrogens is 202 g/mol. The van der Waals surface area contributed by atoms with Crippen LogP contribution in [0.3, 0.4) is 0 Å². The zero-order valence-corrected chi connectivity index (χ0v) is 8.42. The number of fused-ring (bicyclic) bond motifs is 1. The van der Waals surface area contributed by atoms with Crippen LogP contribution in [0.2, 0.25) is 0 Å². The molecule has 3 rings (SSSR count). The number of nitrogens with one attached hydrogen (secondary N) is 1. The number of imidazole rings is 1. The first-order chi connectivity index (χ1) is 7.86. The van der Waals surface area contributed by atoms with E-state index in [0.29, 0.717) is 5.82 Å². The molecule has 0 radical (unpaired) electrons. The van der Waals surface area contributed by atoms with Crippen LogP contribution >= 0.6 is 0 Å². The fourth-order valence-electron chi connectivity index (χ4n) is 1.81. The maximum Gasteiger partial charge on any atom is 0.256 e. The van der Waals surface area contributed by atoms with Crippen LogP contribution in [-0.2, 0) is 0 Å². The second-order valence-electron chi connectivity index (χ2n) is 3.50. The molecule has 2 heterocycles. The molecule has 2 aromatic heterocycles. The summed E-state index contributed by atoms with van der Waals surface area (Å²) in [6.07, 6.45) is 3.19. The van der Waals surface area contributed by atoms with Gasteiger partial charge >= 0.3 is 0 Å². The zero-order chi connectivity index (χ0) is 11.0. The van der Waals surface area contributed by atoms with Gasteiger partial charge in [-0.3, -0.25) is 9.36 Å². The van der Waals surface area contributed by atoms with Gasteiger partial charge in [0.05, 0.1) is 18.0 Å². The molecule has 0 atom stereocenters. The van der Waals surface area contributed by atoms with E-state index in [9.17, 15) is 4.79 Å². The van der Waals surface area contributed by atoms with Crippen molar-refractivity contribution in [2.45, 2.75) is 0 Å². The molecule has 4 nitrogen and oxygen atoms in total. The zero-order valence-electron chi connectivity index (χ0n) is 8.42. The summed E-state index contributed by atoms with van der Waals surface area (Å²) in [7, 11) is 0. The van der Waals surface area contributed by atoms with E-state index in [1.165, 1.54) is 0 Å². The highest BCUT2D eigenvalue weighted by atomic mass is 16.1. The molecule has 1 N–H and O–H groups in total. The molecule has 0 aliphatic heterocycles. The summed E-state index contributed by atoms with van der Waals surface area (Å²) in [5, 5.41) is 1.02. The summed E-state index contributed by atoms with van der Waals surface area (Å²) in [6.45, 7) is 0. The highest BCUT2D eigenvalue weighted by Gasteiger charge is 2.04. The van der Waals surface area contributed by atoms with Crippen LogP contribution in [0.25, 0.3) is 16.7 Å². The minimum Gasteiger partial charge on any atom is -0.331 e. The number of pyridine rings is 1. The SMILES string of the molecule is O=c1ccc2ccccc2n1-c1cnc[nH]1. The molecule has 0 saturated carbocycles. The fourth-order valence-corrected chi connectivity index (χ4v) is 1.81. The van der Waals surface area contributed by atoms with Gasteiger partial charge in [0.25, 0.3) is 5.56 Å². The van der Waals surface area contributed by atoms with Crippen molar-refractivity contribution in [1.29, 1.82) is 0 Å². The molecule has 16 heavy (non-hydrogen) atoms. The molecular formula is C12H9N3O. The van der Waals surface area contributed by atoms with E-state index in [-0.39, 0.29) is 5.56 Å². The average Bonchev–Trinajstić information content (AvgIpc) is 2.82. The highest BCUT2D eigenvalue weighted by molar-refractivity contribution is 5.80. The van der Waals surface area contributed by atoms with Crippen LogP contribution in [0.15, 0.2) is 53.7 Å². The van der Waals surface area contributed by atoms with Gasteiger partial charge in [0.1, 0.15) is 5.82 Å². The number of rotatable bonds is 1. The Labute approximate surface area is 91.2 Å². The molecule has 1 aromatic carbocycles. The quantitative estimate of drug-likeness (QED) is 0.666. The molecule has 0 aliphatic carbocycles. The van der Waals surface area contributed by atoms with Crippen molar-refractivity contribution in [2.75, 3.05) is 0 Å². The first-order valence-electron chi connectivity index (χ1n) is 4.96. The third-order valence-electron chi connectivity index (χ3n) is 2.53. The van der Waals surface area contributed by atoms with Crippen LogP contribution in [0.1, 0.15) is 0 Å². The van der Waals surface area contributed by atoms with E-state index in [1.807, 2.05) is 30.3 Å². The smallest absolute Gasteiger partial charge is 0.256 e. The lowest BCUT2D eigenvalue weighted by Crippen LogP contribution is -2.17.